The van der Waals surface area contributed by atoms with Crippen LogP contribution in [0.5, 0.6) is 0 Å². The molecule has 2 aromatic rings. The molecule has 1 aromatic carbocycles. The van der Waals surface area contributed by atoms with Crippen molar-refractivity contribution in [1.82, 2.24) is 14.8 Å². The van der Waals surface area contributed by atoms with Crippen molar-refractivity contribution in [2.45, 2.75) is 31.6 Å². The van der Waals surface area contributed by atoms with Crippen LogP contribution < -0.4 is 0 Å². The second-order valence-electron chi connectivity index (χ2n) is 6.85. The third-order valence-electron chi connectivity index (χ3n) is 4.76. The second-order valence-corrected chi connectivity index (χ2v) is 6.85. The van der Waals surface area contributed by atoms with Crippen LogP contribution in [-0.2, 0) is 17.8 Å². The van der Waals surface area contributed by atoms with E-state index in [0.29, 0.717) is 25.9 Å². The van der Waals surface area contributed by atoms with Crippen molar-refractivity contribution in [3.63, 3.8) is 0 Å². The van der Waals surface area contributed by atoms with E-state index in [9.17, 15) is 22.4 Å². The Morgan fingerprint density at radius 2 is 1.89 bits per heavy atom. The Kier molecular flexibility index (Phi) is 6.28. The molecule has 4 nitrogen and oxygen atoms in total. The summed E-state index contributed by atoms with van der Waals surface area (Å²) in [6.45, 7) is -0.340. The molecular formula is C20H21F4N3O. The summed E-state index contributed by atoms with van der Waals surface area (Å²) in [5.41, 5.74) is 1.63. The minimum atomic E-state index is -4.42. The molecule has 0 radical (unpaired) electrons. The van der Waals surface area contributed by atoms with E-state index in [0.717, 1.165) is 16.2 Å². The van der Waals surface area contributed by atoms with E-state index < -0.39 is 24.7 Å². The Morgan fingerprint density at radius 3 is 2.54 bits per heavy atom. The normalized spacial score (nSPS) is 17.5. The van der Waals surface area contributed by atoms with Crippen LogP contribution in [0.3, 0.4) is 0 Å². The maximum atomic E-state index is 13.2. The average Bonchev–Trinajstić information content (AvgIpc) is 3.00. The molecule has 1 fully saturated rings. The number of hydrogen-bond acceptors (Lipinski definition) is 3. The molecule has 0 spiro atoms. The Morgan fingerprint density at radius 1 is 1.14 bits per heavy atom. The molecule has 1 atom stereocenters. The van der Waals surface area contributed by atoms with E-state index in [2.05, 4.69) is 4.98 Å². The van der Waals surface area contributed by atoms with Gasteiger partial charge in [0.1, 0.15) is 12.4 Å². The fourth-order valence-electron chi connectivity index (χ4n) is 3.41. The first-order valence-corrected chi connectivity index (χ1v) is 9.06. The zero-order valence-corrected chi connectivity index (χ0v) is 15.2. The number of nitrogens with zero attached hydrogens (tertiary/aromatic N) is 3. The van der Waals surface area contributed by atoms with E-state index in [1.165, 1.54) is 12.1 Å². The van der Waals surface area contributed by atoms with Gasteiger partial charge in [-0.15, -0.1) is 0 Å². The number of amides is 1. The molecule has 1 unspecified atom stereocenters. The second kappa shape index (κ2) is 8.68. The number of rotatable bonds is 7. The molecule has 1 aliphatic heterocycles. The maximum Gasteiger partial charge on any atom is 0.406 e. The minimum Gasteiger partial charge on any atom is -0.332 e. The molecular weight excluding hydrogens is 374 g/mol. The molecule has 2 heterocycles. The van der Waals surface area contributed by atoms with Crippen LogP contribution in [0, 0.1) is 5.82 Å². The maximum absolute atomic E-state index is 13.2. The van der Waals surface area contributed by atoms with Crippen LogP contribution in [0.4, 0.5) is 17.6 Å². The fourth-order valence-corrected chi connectivity index (χ4v) is 3.41. The van der Waals surface area contributed by atoms with Gasteiger partial charge in [0, 0.05) is 37.9 Å². The molecule has 3 rings (SSSR count). The van der Waals surface area contributed by atoms with Gasteiger partial charge >= 0.3 is 6.18 Å². The third kappa shape index (κ3) is 5.51. The van der Waals surface area contributed by atoms with Crippen molar-refractivity contribution in [1.29, 1.82) is 0 Å². The first kappa shape index (κ1) is 20.3. The monoisotopic (exact) mass is 395 g/mol. The van der Waals surface area contributed by atoms with Crippen LogP contribution in [-0.4, -0.2) is 52.5 Å². The highest BCUT2D eigenvalue weighted by atomic mass is 19.4. The van der Waals surface area contributed by atoms with E-state index in [4.69, 9.17) is 0 Å². The summed E-state index contributed by atoms with van der Waals surface area (Å²) in [5, 5.41) is 0. The third-order valence-corrected chi connectivity index (χ3v) is 4.76. The molecule has 1 aliphatic rings. The van der Waals surface area contributed by atoms with Crippen LogP contribution in [0.25, 0.3) is 0 Å². The lowest BCUT2D eigenvalue weighted by molar-refractivity contribution is -0.159. The number of likely N-dealkylation sites (tertiary alicyclic amines) is 1. The highest BCUT2D eigenvalue weighted by Crippen LogP contribution is 2.24. The lowest BCUT2D eigenvalue weighted by Gasteiger charge is -2.28. The molecule has 0 aliphatic carbocycles. The predicted octanol–water partition coefficient (Wildman–Crippen LogP) is 3.43. The van der Waals surface area contributed by atoms with E-state index in [1.807, 2.05) is 17.0 Å². The van der Waals surface area contributed by atoms with Crippen LogP contribution in [0.1, 0.15) is 17.7 Å². The fraction of sp³-hybridized carbons (Fsp3) is 0.400. The first-order chi connectivity index (χ1) is 13.3. The molecule has 1 amide bonds. The number of halogens is 4. The molecule has 0 N–H and O–H groups in total. The van der Waals surface area contributed by atoms with E-state index >= 15 is 0 Å². The van der Waals surface area contributed by atoms with E-state index in [1.54, 1.807) is 24.4 Å². The van der Waals surface area contributed by atoms with Crippen molar-refractivity contribution in [2.75, 3.05) is 19.6 Å². The Balaban J connectivity index is 1.73. The van der Waals surface area contributed by atoms with Crippen LogP contribution in [0.2, 0.25) is 0 Å². The average molecular weight is 395 g/mol. The van der Waals surface area contributed by atoms with Crippen LogP contribution >= 0.6 is 0 Å². The highest BCUT2D eigenvalue weighted by Gasteiger charge is 2.41. The quantitative estimate of drug-likeness (QED) is 0.674. The van der Waals surface area contributed by atoms with Gasteiger partial charge in [0.05, 0.1) is 6.04 Å². The topological polar surface area (TPSA) is 36.4 Å². The lowest BCUT2D eigenvalue weighted by Crippen LogP contribution is -2.44. The molecule has 0 bridgehead atoms. The number of pyridine rings is 1. The van der Waals surface area contributed by atoms with Gasteiger partial charge in [-0.05, 0) is 36.2 Å². The molecule has 0 saturated carbocycles. The smallest absolute Gasteiger partial charge is 0.332 e. The molecule has 1 aromatic heterocycles. The number of alkyl halides is 3. The largest absolute Gasteiger partial charge is 0.406 e. The van der Waals surface area contributed by atoms with Gasteiger partial charge in [0.2, 0.25) is 5.91 Å². The molecule has 150 valence electrons. The van der Waals surface area contributed by atoms with E-state index in [-0.39, 0.29) is 12.4 Å². The number of benzene rings is 1. The van der Waals surface area contributed by atoms with Gasteiger partial charge in [-0.25, -0.2) is 4.39 Å². The van der Waals surface area contributed by atoms with Crippen molar-refractivity contribution in [3.05, 3.63) is 65.7 Å². The Labute approximate surface area is 160 Å². The Hall–Kier alpha value is -2.48. The number of hydrogen-bond donors (Lipinski definition) is 0. The van der Waals surface area contributed by atoms with Crippen molar-refractivity contribution < 1.29 is 22.4 Å². The number of carbonyl (C=O) groups is 1. The first-order valence-electron chi connectivity index (χ1n) is 9.06. The Bertz CT molecular complexity index is 780. The van der Waals surface area contributed by atoms with Crippen molar-refractivity contribution >= 4 is 5.91 Å². The summed E-state index contributed by atoms with van der Waals surface area (Å²) in [4.78, 5) is 19.6. The molecule has 28 heavy (non-hydrogen) atoms. The summed E-state index contributed by atoms with van der Waals surface area (Å²) in [6, 6.07) is 10.8. The molecule has 1 saturated heterocycles. The lowest BCUT2D eigenvalue weighted by atomic mass is 10.1. The zero-order chi connectivity index (χ0) is 20.1. The minimum absolute atomic E-state index is 0.0759. The van der Waals surface area contributed by atoms with Crippen molar-refractivity contribution in [2.24, 2.45) is 0 Å². The summed E-state index contributed by atoms with van der Waals surface area (Å²) in [6.07, 6.45) is -1.85. The predicted molar refractivity (Wildman–Crippen MR) is 95.8 cm³/mol. The SMILES string of the molecule is O=C1C(N(CCc2ccccn2)Cc2ccc(F)cc2)CCN1CC(F)(F)F. The van der Waals surface area contributed by atoms with Crippen molar-refractivity contribution in [3.8, 4) is 0 Å². The number of aromatic nitrogens is 1. The zero-order valence-electron chi connectivity index (χ0n) is 15.2. The summed E-state index contributed by atoms with van der Waals surface area (Å²) in [5.74, 6) is -0.877. The highest BCUT2D eigenvalue weighted by molar-refractivity contribution is 5.84. The standard InChI is InChI=1S/C20H21F4N3O/c21-16-6-4-15(5-7-16)13-26(11-8-17-3-1-2-10-25-17)18-9-12-27(19(18)28)14-20(22,23)24/h1-7,10,18H,8-9,11-14H2. The van der Waals surface area contributed by atoms with Gasteiger partial charge in [0.25, 0.3) is 0 Å². The van der Waals surface area contributed by atoms with Crippen LogP contribution in [0.15, 0.2) is 48.7 Å². The molecule has 8 heteroatoms. The summed E-state index contributed by atoms with van der Waals surface area (Å²) >= 11 is 0. The van der Waals surface area contributed by atoms with Gasteiger partial charge < -0.3 is 4.90 Å². The van der Waals surface area contributed by atoms with Gasteiger partial charge in [0.15, 0.2) is 0 Å². The van der Waals surface area contributed by atoms with Gasteiger partial charge in [-0.2, -0.15) is 13.2 Å². The summed E-state index contributed by atoms with van der Waals surface area (Å²) in [7, 11) is 0. The van der Waals surface area contributed by atoms with Gasteiger partial charge in [-0.1, -0.05) is 18.2 Å². The summed E-state index contributed by atoms with van der Waals surface area (Å²) < 4.78 is 51.3. The number of carbonyl (C=O) groups excluding carboxylic acids is 1. The van der Waals surface area contributed by atoms with Gasteiger partial charge in [-0.3, -0.25) is 14.7 Å².